The molecule has 0 heterocycles. The lowest BCUT2D eigenvalue weighted by molar-refractivity contribution is -0.133. The first kappa shape index (κ1) is 14.6. The fourth-order valence-electron chi connectivity index (χ4n) is 1.77. The third-order valence-electron chi connectivity index (χ3n) is 3.03. The van der Waals surface area contributed by atoms with Crippen molar-refractivity contribution in [3.63, 3.8) is 0 Å². The van der Waals surface area contributed by atoms with Crippen LogP contribution in [0, 0.1) is 5.41 Å². The van der Waals surface area contributed by atoms with Crippen molar-refractivity contribution in [2.75, 3.05) is 7.05 Å². The molecule has 3 heteroatoms. The number of carbonyl (C=O) groups excluding carboxylic acids is 1. The molecule has 0 spiro atoms. The second-order valence-electron chi connectivity index (χ2n) is 6.01. The van der Waals surface area contributed by atoms with Gasteiger partial charge in [-0.05, 0) is 30.0 Å². The van der Waals surface area contributed by atoms with Crippen LogP contribution in [0.15, 0.2) is 24.3 Å². The van der Waals surface area contributed by atoms with E-state index in [1.54, 1.807) is 17.0 Å². The molecule has 1 N–H and O–H groups in total. The van der Waals surface area contributed by atoms with Crippen molar-refractivity contribution in [3.8, 4) is 5.75 Å². The Labute approximate surface area is 109 Å². The predicted octanol–water partition coefficient (Wildman–Crippen LogP) is 3.35. The molecule has 0 aliphatic heterocycles. The Balaban J connectivity index is 2.74. The number of aromatic hydroxyl groups is 1. The molecule has 100 valence electrons. The van der Waals surface area contributed by atoms with Crippen molar-refractivity contribution < 1.29 is 9.90 Å². The van der Waals surface area contributed by atoms with E-state index in [2.05, 4.69) is 20.8 Å². The molecule has 0 bridgehead atoms. The van der Waals surface area contributed by atoms with E-state index in [1.807, 2.05) is 26.1 Å². The van der Waals surface area contributed by atoms with Crippen LogP contribution >= 0.6 is 0 Å². The van der Waals surface area contributed by atoms with Gasteiger partial charge in [-0.15, -0.1) is 0 Å². The molecular weight excluding hydrogens is 226 g/mol. The Bertz CT molecular complexity index is 403. The largest absolute Gasteiger partial charge is 0.508 e. The summed E-state index contributed by atoms with van der Waals surface area (Å²) in [7, 11) is 1.82. The Hall–Kier alpha value is -1.51. The summed E-state index contributed by atoms with van der Waals surface area (Å²) in [6, 6.07) is 7.00. The average molecular weight is 249 g/mol. The van der Waals surface area contributed by atoms with Crippen molar-refractivity contribution in [3.05, 3.63) is 29.8 Å². The van der Waals surface area contributed by atoms with E-state index in [1.165, 1.54) is 0 Å². The number of hydrogen-bond donors (Lipinski definition) is 1. The second-order valence-corrected chi connectivity index (χ2v) is 6.01. The second kappa shape index (κ2) is 5.42. The van der Waals surface area contributed by atoms with Gasteiger partial charge in [0.25, 0.3) is 0 Å². The van der Waals surface area contributed by atoms with E-state index in [4.69, 9.17) is 0 Å². The Morgan fingerprint density at radius 2 is 1.78 bits per heavy atom. The summed E-state index contributed by atoms with van der Waals surface area (Å²) in [6.45, 7) is 8.17. The van der Waals surface area contributed by atoms with Gasteiger partial charge in [0, 0.05) is 13.5 Å². The molecule has 1 amide bonds. The van der Waals surface area contributed by atoms with Crippen molar-refractivity contribution in [1.29, 1.82) is 0 Å². The minimum Gasteiger partial charge on any atom is -0.508 e. The summed E-state index contributed by atoms with van der Waals surface area (Å²) >= 11 is 0. The van der Waals surface area contributed by atoms with E-state index in [-0.39, 0.29) is 23.1 Å². The zero-order valence-electron chi connectivity index (χ0n) is 11.9. The van der Waals surface area contributed by atoms with Crippen molar-refractivity contribution in [2.24, 2.45) is 5.41 Å². The molecule has 0 saturated heterocycles. The predicted molar refractivity (Wildman–Crippen MR) is 73.4 cm³/mol. The van der Waals surface area contributed by atoms with E-state index < -0.39 is 0 Å². The Morgan fingerprint density at radius 1 is 1.28 bits per heavy atom. The highest BCUT2D eigenvalue weighted by molar-refractivity contribution is 5.77. The SMILES string of the molecule is CC(c1ccc(O)cc1)N(C)C(=O)CC(C)(C)C. The van der Waals surface area contributed by atoms with Crippen LogP contribution in [0.3, 0.4) is 0 Å². The number of amides is 1. The zero-order valence-corrected chi connectivity index (χ0v) is 11.9. The molecule has 0 saturated carbocycles. The van der Waals surface area contributed by atoms with Crippen LogP contribution in [-0.2, 0) is 4.79 Å². The van der Waals surface area contributed by atoms with Crippen LogP contribution in [0.1, 0.15) is 45.7 Å². The standard InChI is InChI=1S/C15H23NO2/c1-11(12-6-8-13(17)9-7-12)16(5)14(18)10-15(2,3)4/h6-9,11,17H,10H2,1-5H3. The molecule has 1 unspecified atom stereocenters. The van der Waals surface area contributed by atoms with Crippen LogP contribution < -0.4 is 0 Å². The van der Waals surface area contributed by atoms with Gasteiger partial charge in [-0.25, -0.2) is 0 Å². The molecular formula is C15H23NO2. The summed E-state index contributed by atoms with van der Waals surface area (Å²) in [5.74, 6) is 0.387. The smallest absolute Gasteiger partial charge is 0.223 e. The fraction of sp³-hybridized carbons (Fsp3) is 0.533. The minimum atomic E-state index is 0.0000192. The minimum absolute atomic E-state index is 0.0000192. The third kappa shape index (κ3) is 4.06. The van der Waals surface area contributed by atoms with Gasteiger partial charge in [0.1, 0.15) is 5.75 Å². The van der Waals surface area contributed by atoms with Crippen LogP contribution in [0.2, 0.25) is 0 Å². The molecule has 0 aliphatic carbocycles. The summed E-state index contributed by atoms with van der Waals surface area (Å²) < 4.78 is 0. The number of nitrogens with zero attached hydrogens (tertiary/aromatic N) is 1. The first-order valence-electron chi connectivity index (χ1n) is 6.25. The molecule has 1 aromatic rings. The summed E-state index contributed by atoms with van der Waals surface area (Å²) in [6.07, 6.45) is 0.534. The van der Waals surface area contributed by atoms with Gasteiger partial charge < -0.3 is 10.0 Å². The van der Waals surface area contributed by atoms with Gasteiger partial charge in [-0.2, -0.15) is 0 Å². The summed E-state index contributed by atoms with van der Waals surface area (Å²) in [4.78, 5) is 13.9. The van der Waals surface area contributed by atoms with E-state index in [9.17, 15) is 9.90 Å². The lowest BCUT2D eigenvalue weighted by atomic mass is 9.91. The molecule has 0 fully saturated rings. The topological polar surface area (TPSA) is 40.5 Å². The number of phenolic OH excluding ortho intramolecular Hbond substituents is 1. The van der Waals surface area contributed by atoms with Gasteiger partial charge in [0.2, 0.25) is 5.91 Å². The number of rotatable bonds is 3. The van der Waals surface area contributed by atoms with Gasteiger partial charge >= 0.3 is 0 Å². The van der Waals surface area contributed by atoms with Gasteiger partial charge in [0.05, 0.1) is 6.04 Å². The fourth-order valence-corrected chi connectivity index (χ4v) is 1.77. The van der Waals surface area contributed by atoms with Crippen LogP contribution in [0.5, 0.6) is 5.75 Å². The molecule has 0 aliphatic rings. The van der Waals surface area contributed by atoms with Crippen molar-refractivity contribution >= 4 is 5.91 Å². The molecule has 0 radical (unpaired) electrons. The van der Waals surface area contributed by atoms with Crippen LogP contribution in [0.25, 0.3) is 0 Å². The monoisotopic (exact) mass is 249 g/mol. The first-order chi connectivity index (χ1) is 8.20. The average Bonchev–Trinajstić information content (AvgIpc) is 2.26. The lowest BCUT2D eigenvalue weighted by Crippen LogP contribution is -2.32. The molecule has 3 nitrogen and oxygen atoms in total. The molecule has 0 aromatic heterocycles. The van der Waals surface area contributed by atoms with E-state index >= 15 is 0 Å². The van der Waals surface area contributed by atoms with E-state index in [0.717, 1.165) is 5.56 Å². The normalized spacial score (nSPS) is 13.2. The zero-order chi connectivity index (χ0) is 13.9. The number of benzene rings is 1. The quantitative estimate of drug-likeness (QED) is 0.892. The maximum Gasteiger partial charge on any atom is 0.223 e. The molecule has 1 atom stereocenters. The van der Waals surface area contributed by atoms with Gasteiger partial charge in [-0.1, -0.05) is 32.9 Å². The maximum atomic E-state index is 12.1. The molecule has 1 aromatic carbocycles. The Kier molecular flexibility index (Phi) is 4.38. The molecule has 1 rings (SSSR count). The number of carbonyl (C=O) groups is 1. The first-order valence-corrected chi connectivity index (χ1v) is 6.25. The number of phenols is 1. The lowest BCUT2D eigenvalue weighted by Gasteiger charge is -2.28. The summed E-state index contributed by atoms with van der Waals surface area (Å²) in [5, 5.41) is 9.26. The molecule has 18 heavy (non-hydrogen) atoms. The third-order valence-corrected chi connectivity index (χ3v) is 3.03. The maximum absolute atomic E-state index is 12.1. The Morgan fingerprint density at radius 3 is 2.22 bits per heavy atom. The van der Waals surface area contributed by atoms with E-state index in [0.29, 0.717) is 6.42 Å². The summed E-state index contributed by atoms with van der Waals surface area (Å²) in [5.41, 5.74) is 1.03. The number of hydrogen-bond acceptors (Lipinski definition) is 2. The highest BCUT2D eigenvalue weighted by Crippen LogP contribution is 2.25. The van der Waals surface area contributed by atoms with Gasteiger partial charge in [0.15, 0.2) is 0 Å². The highest BCUT2D eigenvalue weighted by Gasteiger charge is 2.22. The van der Waals surface area contributed by atoms with Crippen molar-refractivity contribution in [2.45, 2.75) is 40.2 Å². The van der Waals surface area contributed by atoms with Crippen molar-refractivity contribution in [1.82, 2.24) is 4.90 Å². The van der Waals surface area contributed by atoms with Crippen LogP contribution in [-0.4, -0.2) is 23.0 Å². The highest BCUT2D eigenvalue weighted by atomic mass is 16.3. The van der Waals surface area contributed by atoms with Gasteiger partial charge in [-0.3, -0.25) is 4.79 Å². The van der Waals surface area contributed by atoms with Crippen LogP contribution in [0.4, 0.5) is 0 Å².